The summed E-state index contributed by atoms with van der Waals surface area (Å²) >= 11 is 1.67. The molecule has 0 unspecified atom stereocenters. The number of carbonyl (C=O) groups is 2. The third-order valence-electron chi connectivity index (χ3n) is 6.93. The Balaban J connectivity index is 1.20. The zero-order valence-electron chi connectivity index (χ0n) is 20.4. The summed E-state index contributed by atoms with van der Waals surface area (Å²) in [6.45, 7) is 1.98. The molecule has 3 heterocycles. The molecule has 1 aromatic heterocycles. The summed E-state index contributed by atoms with van der Waals surface area (Å²) < 4.78 is 52.9. The Kier molecular flexibility index (Phi) is 7.40. The van der Waals surface area contributed by atoms with Crippen LogP contribution in [0.15, 0.2) is 60.0 Å². The zero-order valence-corrected chi connectivity index (χ0v) is 21.2. The van der Waals surface area contributed by atoms with Gasteiger partial charge in [0.25, 0.3) is 0 Å². The Hall–Kier alpha value is -3.44. The highest BCUT2D eigenvalue weighted by molar-refractivity contribution is 7.10. The topological polar surface area (TPSA) is 55.9 Å². The van der Waals surface area contributed by atoms with Crippen LogP contribution in [0.1, 0.15) is 27.6 Å². The van der Waals surface area contributed by atoms with Crippen molar-refractivity contribution in [3.05, 3.63) is 87.4 Å². The van der Waals surface area contributed by atoms with Crippen LogP contribution in [0.4, 0.5) is 28.0 Å². The van der Waals surface area contributed by atoms with Gasteiger partial charge in [-0.25, -0.2) is 9.18 Å². The van der Waals surface area contributed by atoms with Crippen LogP contribution >= 0.6 is 11.3 Å². The maximum absolute atomic E-state index is 14.0. The van der Waals surface area contributed by atoms with E-state index in [9.17, 15) is 27.2 Å². The molecule has 5 rings (SSSR count). The summed E-state index contributed by atoms with van der Waals surface area (Å²) in [6, 6.07) is 12.3. The van der Waals surface area contributed by atoms with Crippen molar-refractivity contribution in [3.8, 4) is 0 Å². The lowest BCUT2D eigenvalue weighted by Crippen LogP contribution is -2.54. The van der Waals surface area contributed by atoms with Crippen LogP contribution in [0.3, 0.4) is 0 Å². The monoisotopic (exact) mass is 546 g/mol. The maximum atomic E-state index is 14.0. The molecule has 0 radical (unpaired) electrons. The van der Waals surface area contributed by atoms with Gasteiger partial charge >= 0.3 is 12.2 Å². The van der Waals surface area contributed by atoms with Crippen molar-refractivity contribution < 1.29 is 27.2 Å². The van der Waals surface area contributed by atoms with Crippen molar-refractivity contribution >= 4 is 29.0 Å². The van der Waals surface area contributed by atoms with E-state index in [0.29, 0.717) is 19.6 Å². The Morgan fingerprint density at radius 3 is 2.42 bits per heavy atom. The Bertz CT molecular complexity index is 1320. The first kappa shape index (κ1) is 26.2. The Labute approximate surface area is 221 Å². The molecule has 1 saturated heterocycles. The fourth-order valence-electron chi connectivity index (χ4n) is 5.01. The number of urea groups is 1. The van der Waals surface area contributed by atoms with Crippen molar-refractivity contribution in [3.63, 3.8) is 0 Å². The van der Waals surface area contributed by atoms with Crippen LogP contribution in [-0.2, 0) is 17.4 Å². The van der Waals surface area contributed by atoms with E-state index in [1.54, 1.807) is 22.3 Å². The zero-order chi connectivity index (χ0) is 26.9. The van der Waals surface area contributed by atoms with Gasteiger partial charge < -0.3 is 15.1 Å². The number of hydrogen-bond donors (Lipinski definition) is 1. The smallest absolute Gasteiger partial charge is 0.338 e. The fraction of sp³-hybridized carbons (Fsp3) is 0.333. The summed E-state index contributed by atoms with van der Waals surface area (Å²) in [5, 5.41) is 4.53. The molecule has 0 bridgehead atoms. The van der Waals surface area contributed by atoms with Gasteiger partial charge in [-0.05, 0) is 59.3 Å². The number of hydrogen-bond acceptors (Lipinski definition) is 4. The Morgan fingerprint density at radius 1 is 0.947 bits per heavy atom. The van der Waals surface area contributed by atoms with Gasteiger partial charge in [0, 0.05) is 43.3 Å². The quantitative estimate of drug-likeness (QED) is 0.456. The second-order valence-corrected chi connectivity index (χ2v) is 10.4. The van der Waals surface area contributed by atoms with E-state index < -0.39 is 17.8 Å². The summed E-state index contributed by atoms with van der Waals surface area (Å²) in [5.74, 6) is -0.404. The van der Waals surface area contributed by atoms with Crippen molar-refractivity contribution in [2.24, 2.45) is 0 Å². The minimum Gasteiger partial charge on any atom is -0.338 e. The van der Waals surface area contributed by atoms with Gasteiger partial charge in [0.2, 0.25) is 5.91 Å². The van der Waals surface area contributed by atoms with E-state index in [4.69, 9.17) is 0 Å². The predicted octanol–water partition coefficient (Wildman–Crippen LogP) is 5.23. The van der Waals surface area contributed by atoms with Crippen LogP contribution in [0.25, 0.3) is 0 Å². The SMILES string of the molecule is O=C(CN1CCc2sccc2[C@H]1c1cccc(F)c1)N1CCN(C(=O)Nc2cccc(C(F)(F)F)c2)CC1. The first-order valence-corrected chi connectivity index (χ1v) is 13.1. The number of rotatable bonds is 4. The second-order valence-electron chi connectivity index (χ2n) is 9.35. The van der Waals surface area contributed by atoms with Crippen LogP contribution < -0.4 is 5.32 Å². The normalized spacial score (nSPS) is 18.3. The van der Waals surface area contributed by atoms with Crippen molar-refractivity contribution in [1.29, 1.82) is 0 Å². The number of amides is 3. The number of thiophene rings is 1. The van der Waals surface area contributed by atoms with Gasteiger partial charge in [0.05, 0.1) is 18.2 Å². The number of nitrogens with one attached hydrogen (secondary N) is 1. The highest BCUT2D eigenvalue weighted by Crippen LogP contribution is 2.38. The summed E-state index contributed by atoms with van der Waals surface area (Å²) in [7, 11) is 0. The molecule has 2 aromatic carbocycles. The first-order valence-electron chi connectivity index (χ1n) is 12.3. The standard InChI is InChI=1S/C27H26F4N4O2S/c28-20-5-1-3-18(15-20)25-22-8-14-38-23(22)7-9-35(25)17-24(36)33-10-12-34(13-11-33)26(37)32-21-6-2-4-19(16-21)27(29,30)31/h1-6,8,14-16,25H,7,9-13,17H2,(H,32,37)/t25-/m1/s1. The number of piperazine rings is 1. The van der Waals surface area contributed by atoms with Crippen molar-refractivity contribution in [2.75, 3.05) is 44.6 Å². The molecule has 2 aliphatic rings. The molecule has 11 heteroatoms. The molecular formula is C27H26F4N4O2S. The summed E-state index contributed by atoms with van der Waals surface area (Å²) in [5.41, 5.74) is 1.11. The number of anilines is 1. The van der Waals surface area contributed by atoms with Crippen LogP contribution in [0.5, 0.6) is 0 Å². The molecule has 200 valence electrons. The number of alkyl halides is 3. The van der Waals surface area contributed by atoms with Gasteiger partial charge in [0.15, 0.2) is 0 Å². The largest absolute Gasteiger partial charge is 0.416 e. The molecule has 1 N–H and O–H groups in total. The summed E-state index contributed by atoms with van der Waals surface area (Å²) in [6.07, 6.45) is -3.69. The van der Waals surface area contributed by atoms with E-state index in [1.165, 1.54) is 34.0 Å². The molecular weight excluding hydrogens is 520 g/mol. The Morgan fingerprint density at radius 2 is 1.68 bits per heavy atom. The first-order chi connectivity index (χ1) is 18.2. The average molecular weight is 547 g/mol. The van der Waals surface area contributed by atoms with E-state index in [1.807, 2.05) is 17.5 Å². The van der Waals surface area contributed by atoms with Crippen LogP contribution in [0, 0.1) is 5.82 Å². The predicted molar refractivity (Wildman–Crippen MR) is 136 cm³/mol. The summed E-state index contributed by atoms with van der Waals surface area (Å²) in [4.78, 5) is 32.4. The van der Waals surface area contributed by atoms with Gasteiger partial charge in [0.1, 0.15) is 5.82 Å². The van der Waals surface area contributed by atoms with E-state index in [2.05, 4.69) is 10.2 Å². The number of halogens is 4. The van der Waals surface area contributed by atoms with Crippen LogP contribution in [-0.4, -0.2) is 65.9 Å². The lowest BCUT2D eigenvalue weighted by atomic mass is 9.93. The third kappa shape index (κ3) is 5.68. The average Bonchev–Trinajstić information content (AvgIpc) is 3.37. The molecule has 3 amide bonds. The molecule has 2 aliphatic heterocycles. The molecule has 1 atom stereocenters. The molecule has 3 aromatic rings. The number of fused-ring (bicyclic) bond motifs is 1. The van der Waals surface area contributed by atoms with Crippen LogP contribution in [0.2, 0.25) is 0 Å². The minimum atomic E-state index is -4.50. The minimum absolute atomic E-state index is 0.0598. The third-order valence-corrected chi connectivity index (χ3v) is 7.93. The fourth-order valence-corrected chi connectivity index (χ4v) is 5.92. The van der Waals surface area contributed by atoms with E-state index in [0.717, 1.165) is 29.7 Å². The van der Waals surface area contributed by atoms with Gasteiger partial charge in [-0.15, -0.1) is 11.3 Å². The molecule has 0 aliphatic carbocycles. The molecule has 1 fully saturated rings. The van der Waals surface area contributed by atoms with Crippen molar-refractivity contribution in [2.45, 2.75) is 18.6 Å². The lowest BCUT2D eigenvalue weighted by Gasteiger charge is -2.39. The molecule has 0 saturated carbocycles. The molecule has 0 spiro atoms. The van der Waals surface area contributed by atoms with Gasteiger partial charge in [-0.2, -0.15) is 13.2 Å². The number of carbonyl (C=O) groups excluding carboxylic acids is 2. The highest BCUT2D eigenvalue weighted by Gasteiger charge is 2.34. The lowest BCUT2D eigenvalue weighted by molar-refractivity contribution is -0.137. The number of benzene rings is 2. The van der Waals surface area contributed by atoms with Gasteiger partial charge in [-0.1, -0.05) is 18.2 Å². The van der Waals surface area contributed by atoms with E-state index >= 15 is 0 Å². The van der Waals surface area contributed by atoms with Crippen molar-refractivity contribution in [1.82, 2.24) is 14.7 Å². The molecule has 38 heavy (non-hydrogen) atoms. The second kappa shape index (κ2) is 10.7. The highest BCUT2D eigenvalue weighted by atomic mass is 32.1. The molecule has 6 nitrogen and oxygen atoms in total. The van der Waals surface area contributed by atoms with E-state index in [-0.39, 0.29) is 43.1 Å². The maximum Gasteiger partial charge on any atom is 0.416 e. The number of nitrogens with zero attached hydrogens (tertiary/aromatic N) is 3. The van der Waals surface area contributed by atoms with Gasteiger partial charge in [-0.3, -0.25) is 9.69 Å².